The Bertz CT molecular complexity index is 624. The van der Waals surface area contributed by atoms with E-state index in [0.29, 0.717) is 10.6 Å². The van der Waals surface area contributed by atoms with Gasteiger partial charge in [0.15, 0.2) is 0 Å². The normalized spacial score (nSPS) is 16.5. The van der Waals surface area contributed by atoms with Crippen molar-refractivity contribution in [2.24, 2.45) is 0 Å². The molecule has 0 atom stereocenters. The second-order valence-corrected chi connectivity index (χ2v) is 7.19. The molecule has 0 radical (unpaired) electrons. The number of nitrogens with one attached hydrogen (secondary N) is 1. The molecule has 21 heavy (non-hydrogen) atoms. The summed E-state index contributed by atoms with van der Waals surface area (Å²) in [6.07, 6.45) is 3.56. The summed E-state index contributed by atoms with van der Waals surface area (Å²) in [7, 11) is -3.97. The smallest absolute Gasteiger partial charge is 0.421 e. The maximum atomic E-state index is 12.2. The summed E-state index contributed by atoms with van der Waals surface area (Å²) >= 11 is 5.90. The van der Waals surface area contributed by atoms with E-state index in [1.807, 2.05) is 4.72 Å². The maximum absolute atomic E-state index is 12.2. The van der Waals surface area contributed by atoms with Crippen LogP contribution in [-0.2, 0) is 14.8 Å². The molecular formula is C14H18ClNO4S. The monoisotopic (exact) mass is 331 g/mol. The molecule has 1 fully saturated rings. The number of hydrogen-bond donors (Lipinski definition) is 1. The average molecular weight is 332 g/mol. The van der Waals surface area contributed by atoms with E-state index in [1.165, 1.54) is 12.1 Å². The summed E-state index contributed by atoms with van der Waals surface area (Å²) < 4.78 is 31.5. The van der Waals surface area contributed by atoms with Crippen LogP contribution in [0, 0.1) is 6.92 Å². The van der Waals surface area contributed by atoms with Crippen LogP contribution in [0.2, 0.25) is 5.02 Å². The highest BCUT2D eigenvalue weighted by Crippen LogP contribution is 2.23. The van der Waals surface area contributed by atoms with Crippen molar-refractivity contribution in [1.29, 1.82) is 0 Å². The number of carbonyl (C=O) groups excluding carboxylic acids is 1. The Kier molecular flexibility index (Phi) is 5.11. The molecule has 0 aromatic heterocycles. The lowest BCUT2D eigenvalue weighted by Crippen LogP contribution is -2.34. The minimum absolute atomic E-state index is 0.0180. The van der Waals surface area contributed by atoms with Crippen molar-refractivity contribution in [3.05, 3.63) is 28.8 Å². The van der Waals surface area contributed by atoms with Crippen LogP contribution in [0.25, 0.3) is 0 Å². The van der Waals surface area contributed by atoms with E-state index >= 15 is 0 Å². The van der Waals surface area contributed by atoms with Crippen molar-refractivity contribution >= 4 is 27.7 Å². The Hall–Kier alpha value is -1.27. The van der Waals surface area contributed by atoms with Crippen LogP contribution in [0.1, 0.15) is 37.7 Å². The summed E-state index contributed by atoms with van der Waals surface area (Å²) in [6, 6.07) is 4.52. The molecular weight excluding hydrogens is 314 g/mol. The first kappa shape index (κ1) is 16.1. The predicted molar refractivity (Wildman–Crippen MR) is 79.9 cm³/mol. The van der Waals surface area contributed by atoms with Crippen molar-refractivity contribution in [3.63, 3.8) is 0 Å². The van der Waals surface area contributed by atoms with Crippen LogP contribution in [0.4, 0.5) is 4.79 Å². The zero-order valence-electron chi connectivity index (χ0n) is 11.8. The highest BCUT2D eigenvalue weighted by Gasteiger charge is 2.24. The fourth-order valence-electron chi connectivity index (χ4n) is 2.40. The van der Waals surface area contributed by atoms with Crippen molar-refractivity contribution in [2.45, 2.75) is 50.0 Å². The Balaban J connectivity index is 2.06. The quantitative estimate of drug-likeness (QED) is 0.921. The van der Waals surface area contributed by atoms with Gasteiger partial charge in [0.25, 0.3) is 10.0 Å². The molecule has 0 spiro atoms. The van der Waals surface area contributed by atoms with Crippen molar-refractivity contribution in [2.75, 3.05) is 0 Å². The largest absolute Gasteiger partial charge is 0.446 e. The van der Waals surface area contributed by atoms with Gasteiger partial charge in [0.05, 0.1) is 4.90 Å². The van der Waals surface area contributed by atoms with E-state index in [2.05, 4.69) is 0 Å². The number of ether oxygens (including phenoxy) is 1. The SMILES string of the molecule is Cc1c(Cl)cccc1S(=O)(=O)NC(=O)OC1CCCCC1. The molecule has 1 amide bonds. The van der Waals surface area contributed by atoms with Gasteiger partial charge in [-0.1, -0.05) is 24.1 Å². The van der Waals surface area contributed by atoms with Crippen LogP contribution < -0.4 is 4.72 Å². The fraction of sp³-hybridized carbons (Fsp3) is 0.500. The third-order valence-electron chi connectivity index (χ3n) is 3.55. The van der Waals surface area contributed by atoms with Crippen LogP contribution in [-0.4, -0.2) is 20.6 Å². The van der Waals surface area contributed by atoms with Crippen LogP contribution in [0.15, 0.2) is 23.1 Å². The van der Waals surface area contributed by atoms with Gasteiger partial charge in [-0.2, -0.15) is 0 Å². The van der Waals surface area contributed by atoms with Crippen LogP contribution in [0.3, 0.4) is 0 Å². The van der Waals surface area contributed by atoms with Crippen molar-refractivity contribution in [1.82, 2.24) is 4.72 Å². The third-order valence-corrected chi connectivity index (χ3v) is 5.42. The molecule has 1 aliphatic carbocycles. The molecule has 1 saturated carbocycles. The highest BCUT2D eigenvalue weighted by molar-refractivity contribution is 7.90. The van der Waals surface area contributed by atoms with E-state index in [0.717, 1.165) is 32.1 Å². The van der Waals surface area contributed by atoms with Crippen molar-refractivity contribution < 1.29 is 17.9 Å². The minimum atomic E-state index is -3.97. The summed E-state index contributed by atoms with van der Waals surface area (Å²) in [5.41, 5.74) is 0.400. The standard InChI is InChI=1S/C14H18ClNO4S/c1-10-12(15)8-5-9-13(10)21(18,19)16-14(17)20-11-6-3-2-4-7-11/h5,8-9,11H,2-4,6-7H2,1H3,(H,16,17). The Morgan fingerprint density at radius 1 is 1.29 bits per heavy atom. The minimum Gasteiger partial charge on any atom is -0.446 e. The third kappa shape index (κ3) is 4.11. The van der Waals surface area contributed by atoms with E-state index < -0.39 is 16.1 Å². The summed E-state index contributed by atoms with van der Waals surface area (Å²) in [5, 5.41) is 0.332. The molecule has 0 heterocycles. The number of amides is 1. The van der Waals surface area contributed by atoms with Crippen molar-refractivity contribution in [3.8, 4) is 0 Å². The van der Waals surface area contributed by atoms with Gasteiger partial charge in [-0.3, -0.25) is 0 Å². The molecule has 7 heteroatoms. The molecule has 116 valence electrons. The molecule has 5 nitrogen and oxygen atoms in total. The Morgan fingerprint density at radius 3 is 2.62 bits per heavy atom. The first-order valence-electron chi connectivity index (χ1n) is 6.89. The van der Waals surface area contributed by atoms with Gasteiger partial charge in [-0.15, -0.1) is 0 Å². The lowest BCUT2D eigenvalue weighted by Gasteiger charge is -2.21. The van der Waals surface area contributed by atoms with Gasteiger partial charge in [-0.25, -0.2) is 17.9 Å². The van der Waals surface area contributed by atoms with E-state index in [-0.39, 0.29) is 11.0 Å². The highest BCUT2D eigenvalue weighted by atomic mass is 35.5. The summed E-state index contributed by atoms with van der Waals surface area (Å²) in [4.78, 5) is 11.7. The maximum Gasteiger partial charge on any atom is 0.421 e. The van der Waals surface area contributed by atoms with Gasteiger partial charge >= 0.3 is 6.09 Å². The first-order chi connectivity index (χ1) is 9.90. The molecule has 0 aliphatic heterocycles. The lowest BCUT2D eigenvalue weighted by atomic mass is 9.98. The number of benzene rings is 1. The predicted octanol–water partition coefficient (Wildman–Crippen LogP) is 3.40. The Morgan fingerprint density at radius 2 is 1.95 bits per heavy atom. The summed E-state index contributed by atoms with van der Waals surface area (Å²) in [6.45, 7) is 1.59. The van der Waals surface area contributed by atoms with Gasteiger partial charge in [0.2, 0.25) is 0 Å². The second-order valence-electron chi connectivity index (χ2n) is 5.13. The number of hydrogen-bond acceptors (Lipinski definition) is 4. The zero-order chi connectivity index (χ0) is 15.5. The number of rotatable bonds is 3. The number of halogens is 1. The molecule has 1 N–H and O–H groups in total. The second kappa shape index (κ2) is 6.66. The van der Waals surface area contributed by atoms with Gasteiger partial charge in [0, 0.05) is 5.02 Å². The van der Waals surface area contributed by atoms with Gasteiger partial charge in [0.1, 0.15) is 6.10 Å². The molecule has 0 unspecified atom stereocenters. The van der Waals surface area contributed by atoms with Gasteiger partial charge in [-0.05, 0) is 50.3 Å². The zero-order valence-corrected chi connectivity index (χ0v) is 13.3. The van der Waals surface area contributed by atoms with Gasteiger partial charge < -0.3 is 4.74 Å². The summed E-state index contributed by atoms with van der Waals surface area (Å²) in [5.74, 6) is 0. The fourth-order valence-corrected chi connectivity index (χ4v) is 3.78. The molecule has 1 aromatic carbocycles. The molecule has 0 bridgehead atoms. The Labute approximate surface area is 129 Å². The molecule has 1 aromatic rings. The molecule has 0 saturated heterocycles. The van der Waals surface area contributed by atoms with E-state index in [9.17, 15) is 13.2 Å². The number of sulfonamides is 1. The van der Waals surface area contributed by atoms with E-state index in [4.69, 9.17) is 16.3 Å². The number of carbonyl (C=O) groups is 1. The molecule has 1 aliphatic rings. The van der Waals surface area contributed by atoms with Crippen LogP contribution in [0.5, 0.6) is 0 Å². The average Bonchev–Trinajstić information content (AvgIpc) is 2.42. The lowest BCUT2D eigenvalue weighted by molar-refractivity contribution is 0.0798. The van der Waals surface area contributed by atoms with Crippen LogP contribution >= 0.6 is 11.6 Å². The first-order valence-corrected chi connectivity index (χ1v) is 8.75. The molecule has 2 rings (SSSR count). The van der Waals surface area contributed by atoms with E-state index in [1.54, 1.807) is 13.0 Å². The topological polar surface area (TPSA) is 72.5 Å².